The van der Waals surface area contributed by atoms with Gasteiger partial charge in [0.15, 0.2) is 11.5 Å². The molecule has 1 atom stereocenters. The second-order valence-electron chi connectivity index (χ2n) is 4.59. The average Bonchev–Trinajstić information content (AvgIpc) is 2.85. The number of fused-ring (bicyclic) bond motifs is 1. The first kappa shape index (κ1) is 12.3. The minimum Gasteiger partial charge on any atom is -0.475 e. The molecule has 102 valence electrons. The van der Waals surface area contributed by atoms with E-state index in [0.717, 1.165) is 18.2 Å². The summed E-state index contributed by atoms with van der Waals surface area (Å²) in [4.78, 5) is 0. The zero-order valence-electron chi connectivity index (χ0n) is 10.5. The van der Waals surface area contributed by atoms with Gasteiger partial charge < -0.3 is 14.2 Å². The maximum absolute atomic E-state index is 11.5. The minimum absolute atomic E-state index is 0.0569. The molecule has 0 aliphatic carbocycles. The van der Waals surface area contributed by atoms with E-state index < -0.39 is 9.84 Å². The van der Waals surface area contributed by atoms with E-state index in [1.54, 1.807) is 6.08 Å². The summed E-state index contributed by atoms with van der Waals surface area (Å²) in [6, 6.07) is 5.54. The molecular weight excluding hydrogens is 268 g/mol. The van der Waals surface area contributed by atoms with E-state index in [2.05, 4.69) is 0 Å². The predicted octanol–water partition coefficient (Wildman–Crippen LogP) is 2.15. The molecule has 0 spiro atoms. The molecule has 0 saturated heterocycles. The van der Waals surface area contributed by atoms with Gasteiger partial charge in [0.25, 0.3) is 0 Å². The predicted molar refractivity (Wildman–Crippen MR) is 68.6 cm³/mol. The maximum atomic E-state index is 11.5. The molecule has 2 aliphatic heterocycles. The third kappa shape index (κ3) is 2.40. The summed E-state index contributed by atoms with van der Waals surface area (Å²) in [5.74, 6) is 1.38. The molecule has 2 aliphatic rings. The minimum atomic E-state index is -3.30. The zero-order valence-corrected chi connectivity index (χ0v) is 11.3. The van der Waals surface area contributed by atoms with Gasteiger partial charge in [-0.1, -0.05) is 6.07 Å². The van der Waals surface area contributed by atoms with Crippen molar-refractivity contribution in [2.45, 2.75) is 18.9 Å². The Morgan fingerprint density at radius 2 is 2.00 bits per heavy atom. The van der Waals surface area contributed by atoms with Gasteiger partial charge in [-0.2, -0.15) is 0 Å². The van der Waals surface area contributed by atoms with Gasteiger partial charge in [-0.05, 0) is 36.6 Å². The third-order valence-electron chi connectivity index (χ3n) is 3.13. The highest BCUT2D eigenvalue weighted by Gasteiger charge is 2.25. The Morgan fingerprint density at radius 1 is 1.21 bits per heavy atom. The molecule has 1 aromatic rings. The number of rotatable bonds is 2. The lowest BCUT2D eigenvalue weighted by Gasteiger charge is -2.24. The summed E-state index contributed by atoms with van der Waals surface area (Å²) in [6.45, 7) is 0.221. The van der Waals surface area contributed by atoms with Crippen LogP contribution >= 0.6 is 0 Å². The van der Waals surface area contributed by atoms with E-state index in [9.17, 15) is 8.42 Å². The van der Waals surface area contributed by atoms with Crippen LogP contribution in [0.2, 0.25) is 0 Å². The summed E-state index contributed by atoms with van der Waals surface area (Å²) in [5, 5.41) is 0.0569. The van der Waals surface area contributed by atoms with Crippen molar-refractivity contribution in [1.82, 2.24) is 0 Å². The Kier molecular flexibility index (Phi) is 2.89. The van der Waals surface area contributed by atoms with E-state index >= 15 is 0 Å². The molecule has 1 aromatic carbocycles. The van der Waals surface area contributed by atoms with E-state index in [4.69, 9.17) is 14.2 Å². The Hall–Kier alpha value is -1.69. The summed E-state index contributed by atoms with van der Waals surface area (Å²) < 4.78 is 39.2. The topological polar surface area (TPSA) is 61.8 Å². The highest BCUT2D eigenvalue weighted by Crippen LogP contribution is 2.38. The molecule has 0 bridgehead atoms. The van der Waals surface area contributed by atoms with Crippen molar-refractivity contribution in [1.29, 1.82) is 0 Å². The molecule has 0 aromatic heterocycles. The van der Waals surface area contributed by atoms with E-state index in [0.29, 0.717) is 17.9 Å². The van der Waals surface area contributed by atoms with Crippen LogP contribution in [0.1, 0.15) is 24.5 Å². The first-order chi connectivity index (χ1) is 9.04. The Labute approximate surface area is 111 Å². The van der Waals surface area contributed by atoms with Crippen LogP contribution in [0, 0.1) is 0 Å². The van der Waals surface area contributed by atoms with Gasteiger partial charge in [0.2, 0.25) is 21.7 Å². The van der Waals surface area contributed by atoms with E-state index in [1.807, 2.05) is 18.2 Å². The van der Waals surface area contributed by atoms with Gasteiger partial charge in [-0.3, -0.25) is 0 Å². The van der Waals surface area contributed by atoms with Crippen molar-refractivity contribution in [2.24, 2.45) is 0 Å². The van der Waals surface area contributed by atoms with Crippen molar-refractivity contribution >= 4 is 9.84 Å². The standard InChI is InChI=1S/C13H14O5S/c1-19(14,15)13-4-2-3-10(18-13)9-5-6-11-12(7-9)17-8-16-11/h4-7,10H,2-3,8H2,1H3. The van der Waals surface area contributed by atoms with Crippen LogP contribution in [0.5, 0.6) is 11.5 Å². The molecule has 2 heterocycles. The van der Waals surface area contributed by atoms with Crippen LogP contribution in [-0.2, 0) is 14.6 Å². The molecule has 0 radical (unpaired) electrons. The molecule has 19 heavy (non-hydrogen) atoms. The molecule has 6 heteroatoms. The number of allylic oxidation sites excluding steroid dienone is 1. The number of benzene rings is 1. The first-order valence-electron chi connectivity index (χ1n) is 6.00. The van der Waals surface area contributed by atoms with Gasteiger partial charge in [0, 0.05) is 6.26 Å². The summed E-state index contributed by atoms with van der Waals surface area (Å²) in [5.41, 5.74) is 0.901. The molecule has 0 amide bonds. The quantitative estimate of drug-likeness (QED) is 0.831. The van der Waals surface area contributed by atoms with Crippen molar-refractivity contribution in [3.05, 3.63) is 34.9 Å². The van der Waals surface area contributed by atoms with Gasteiger partial charge >= 0.3 is 0 Å². The SMILES string of the molecule is CS(=O)(=O)C1=CCCC(c2ccc3c(c2)OCO3)O1. The highest BCUT2D eigenvalue weighted by atomic mass is 32.2. The van der Waals surface area contributed by atoms with E-state index in [-0.39, 0.29) is 18.0 Å². The number of ether oxygens (including phenoxy) is 3. The molecule has 3 rings (SSSR count). The third-order valence-corrected chi connectivity index (χ3v) is 4.13. The smallest absolute Gasteiger partial charge is 0.231 e. The summed E-state index contributed by atoms with van der Waals surface area (Å²) >= 11 is 0. The van der Waals surface area contributed by atoms with Crippen LogP contribution in [0.4, 0.5) is 0 Å². The highest BCUT2D eigenvalue weighted by molar-refractivity contribution is 7.94. The second-order valence-corrected chi connectivity index (χ2v) is 6.54. The van der Waals surface area contributed by atoms with Crippen LogP contribution < -0.4 is 9.47 Å². The lowest BCUT2D eigenvalue weighted by molar-refractivity contribution is 0.113. The average molecular weight is 282 g/mol. The Bertz CT molecular complexity index is 632. The second kappa shape index (κ2) is 4.45. The zero-order chi connectivity index (χ0) is 13.5. The van der Waals surface area contributed by atoms with E-state index in [1.165, 1.54) is 0 Å². The monoisotopic (exact) mass is 282 g/mol. The maximum Gasteiger partial charge on any atom is 0.231 e. The molecule has 0 fully saturated rings. The fourth-order valence-corrected chi connectivity index (χ4v) is 2.90. The van der Waals surface area contributed by atoms with Gasteiger partial charge in [-0.15, -0.1) is 0 Å². The Balaban J connectivity index is 1.86. The van der Waals surface area contributed by atoms with Crippen molar-refractivity contribution in [2.75, 3.05) is 13.0 Å². The lowest BCUT2D eigenvalue weighted by atomic mass is 10.0. The summed E-state index contributed by atoms with van der Waals surface area (Å²) in [7, 11) is -3.30. The molecule has 5 nitrogen and oxygen atoms in total. The fraction of sp³-hybridized carbons (Fsp3) is 0.385. The van der Waals surface area contributed by atoms with Gasteiger partial charge in [0.05, 0.1) is 0 Å². The number of sulfone groups is 1. The van der Waals surface area contributed by atoms with Crippen molar-refractivity contribution in [3.8, 4) is 11.5 Å². The summed E-state index contributed by atoms with van der Waals surface area (Å²) in [6.07, 6.45) is 3.95. The van der Waals surface area contributed by atoms with Crippen molar-refractivity contribution in [3.63, 3.8) is 0 Å². The lowest BCUT2D eigenvalue weighted by Crippen LogP contribution is -2.14. The number of hydrogen-bond donors (Lipinski definition) is 0. The molecular formula is C13H14O5S. The Morgan fingerprint density at radius 3 is 2.79 bits per heavy atom. The normalized spacial score (nSPS) is 21.7. The first-order valence-corrected chi connectivity index (χ1v) is 7.89. The van der Waals surface area contributed by atoms with Crippen molar-refractivity contribution < 1.29 is 22.6 Å². The van der Waals surface area contributed by atoms with Gasteiger partial charge in [-0.25, -0.2) is 8.42 Å². The fourth-order valence-electron chi connectivity index (χ4n) is 2.19. The molecule has 0 saturated carbocycles. The van der Waals surface area contributed by atoms with Gasteiger partial charge in [0.1, 0.15) is 6.10 Å². The molecule has 0 N–H and O–H groups in total. The van der Waals surface area contributed by atoms with Crippen LogP contribution in [-0.4, -0.2) is 21.5 Å². The molecule has 1 unspecified atom stereocenters. The largest absolute Gasteiger partial charge is 0.475 e. The number of hydrogen-bond acceptors (Lipinski definition) is 5. The van der Waals surface area contributed by atoms with Crippen LogP contribution in [0.3, 0.4) is 0 Å². The van der Waals surface area contributed by atoms with Crippen LogP contribution in [0.25, 0.3) is 0 Å². The van der Waals surface area contributed by atoms with Crippen LogP contribution in [0.15, 0.2) is 29.4 Å².